The lowest BCUT2D eigenvalue weighted by atomic mass is 10.3. The van der Waals surface area contributed by atoms with Crippen molar-refractivity contribution in [3.8, 4) is 0 Å². The number of methoxy groups -OCH3 is 1. The van der Waals surface area contributed by atoms with E-state index in [-0.39, 0.29) is 6.04 Å². The van der Waals surface area contributed by atoms with E-state index in [1.54, 1.807) is 19.5 Å². The van der Waals surface area contributed by atoms with E-state index < -0.39 is 0 Å². The fourth-order valence-electron chi connectivity index (χ4n) is 1.60. The van der Waals surface area contributed by atoms with Gasteiger partial charge in [0.1, 0.15) is 5.82 Å². The van der Waals surface area contributed by atoms with Crippen LogP contribution in [0.25, 0.3) is 0 Å². The summed E-state index contributed by atoms with van der Waals surface area (Å²) < 4.78 is 5.14. The zero-order chi connectivity index (χ0) is 12.0. The molecule has 16 heavy (non-hydrogen) atoms. The normalized spacial score (nSPS) is 12.5. The van der Waals surface area contributed by atoms with Gasteiger partial charge in [0.15, 0.2) is 0 Å². The molecule has 5 heteroatoms. The van der Waals surface area contributed by atoms with Crippen LogP contribution in [0.1, 0.15) is 19.5 Å². The number of likely N-dealkylation sites (N-methyl/N-ethyl adjacent to an activating group) is 1. The van der Waals surface area contributed by atoms with Crippen molar-refractivity contribution in [3.05, 3.63) is 18.1 Å². The van der Waals surface area contributed by atoms with Crippen LogP contribution in [0.15, 0.2) is 12.4 Å². The molecule has 0 saturated carbocycles. The van der Waals surface area contributed by atoms with Gasteiger partial charge in [0.25, 0.3) is 0 Å². The van der Waals surface area contributed by atoms with Gasteiger partial charge in [-0.25, -0.2) is 4.98 Å². The maximum atomic E-state index is 5.67. The summed E-state index contributed by atoms with van der Waals surface area (Å²) >= 11 is 5.67. The SMILES string of the molecule is CCN(c1cnc(CCl)cn1)C(C)COC. The third-order valence-corrected chi connectivity index (χ3v) is 2.68. The van der Waals surface area contributed by atoms with Gasteiger partial charge in [-0.1, -0.05) is 0 Å². The number of nitrogens with zero attached hydrogens (tertiary/aromatic N) is 3. The van der Waals surface area contributed by atoms with E-state index in [1.165, 1.54) is 0 Å². The Morgan fingerprint density at radius 3 is 2.62 bits per heavy atom. The molecule has 0 aromatic carbocycles. The Hall–Kier alpha value is -0.870. The fourth-order valence-corrected chi connectivity index (χ4v) is 1.73. The van der Waals surface area contributed by atoms with Crippen LogP contribution < -0.4 is 4.90 Å². The molecule has 1 unspecified atom stereocenters. The van der Waals surface area contributed by atoms with Crippen LogP contribution in [-0.2, 0) is 10.6 Å². The molecule has 0 aliphatic rings. The number of anilines is 1. The molecule has 0 bridgehead atoms. The molecule has 0 amide bonds. The summed E-state index contributed by atoms with van der Waals surface area (Å²) in [4.78, 5) is 10.7. The fraction of sp³-hybridized carbons (Fsp3) is 0.636. The number of hydrogen-bond acceptors (Lipinski definition) is 4. The van der Waals surface area contributed by atoms with Crippen molar-refractivity contribution in [3.63, 3.8) is 0 Å². The van der Waals surface area contributed by atoms with Gasteiger partial charge in [-0.2, -0.15) is 0 Å². The summed E-state index contributed by atoms with van der Waals surface area (Å²) in [5, 5.41) is 0. The largest absolute Gasteiger partial charge is 0.383 e. The average molecular weight is 244 g/mol. The van der Waals surface area contributed by atoms with Crippen molar-refractivity contribution < 1.29 is 4.74 Å². The molecule has 0 N–H and O–H groups in total. The van der Waals surface area contributed by atoms with Crippen LogP contribution in [0, 0.1) is 0 Å². The number of rotatable bonds is 6. The molecule has 1 rings (SSSR count). The molecule has 1 atom stereocenters. The van der Waals surface area contributed by atoms with E-state index >= 15 is 0 Å². The molecule has 90 valence electrons. The Kier molecular flexibility index (Phi) is 5.49. The highest BCUT2D eigenvalue weighted by Gasteiger charge is 2.13. The highest BCUT2D eigenvalue weighted by molar-refractivity contribution is 6.16. The third-order valence-electron chi connectivity index (χ3n) is 2.40. The Morgan fingerprint density at radius 1 is 1.44 bits per heavy atom. The zero-order valence-electron chi connectivity index (χ0n) is 9.98. The van der Waals surface area contributed by atoms with E-state index in [0.29, 0.717) is 12.5 Å². The summed E-state index contributed by atoms with van der Waals surface area (Å²) in [6, 6.07) is 0.283. The first-order valence-electron chi connectivity index (χ1n) is 5.35. The van der Waals surface area contributed by atoms with E-state index in [9.17, 15) is 0 Å². The van der Waals surface area contributed by atoms with Crippen LogP contribution in [0.3, 0.4) is 0 Å². The summed E-state index contributed by atoms with van der Waals surface area (Å²) in [5.41, 5.74) is 0.792. The number of ether oxygens (including phenoxy) is 1. The van der Waals surface area contributed by atoms with Crippen LogP contribution in [0.4, 0.5) is 5.82 Å². The Bertz CT molecular complexity index is 305. The highest BCUT2D eigenvalue weighted by Crippen LogP contribution is 2.13. The van der Waals surface area contributed by atoms with Gasteiger partial charge in [-0.3, -0.25) is 4.98 Å². The molecule has 0 fully saturated rings. The highest BCUT2D eigenvalue weighted by atomic mass is 35.5. The van der Waals surface area contributed by atoms with Gasteiger partial charge in [-0.15, -0.1) is 11.6 Å². The third kappa shape index (κ3) is 3.32. The van der Waals surface area contributed by atoms with Crippen molar-refractivity contribution in [1.82, 2.24) is 9.97 Å². The number of hydrogen-bond donors (Lipinski definition) is 0. The standard InChI is InChI=1S/C11H18ClN3O/c1-4-15(9(2)8-16-3)11-7-13-10(5-12)6-14-11/h6-7,9H,4-5,8H2,1-3H3. The smallest absolute Gasteiger partial charge is 0.147 e. The summed E-state index contributed by atoms with van der Waals surface area (Å²) in [6.45, 7) is 5.74. The number of aromatic nitrogens is 2. The minimum atomic E-state index is 0.283. The molecule has 0 aliphatic heterocycles. The van der Waals surface area contributed by atoms with Crippen molar-refractivity contribution in [2.45, 2.75) is 25.8 Å². The van der Waals surface area contributed by atoms with E-state index in [0.717, 1.165) is 18.1 Å². The van der Waals surface area contributed by atoms with E-state index in [1.807, 2.05) is 0 Å². The van der Waals surface area contributed by atoms with Crippen molar-refractivity contribution in [1.29, 1.82) is 0 Å². The molecule has 4 nitrogen and oxygen atoms in total. The molecule has 0 radical (unpaired) electrons. The van der Waals surface area contributed by atoms with Crippen LogP contribution in [0.5, 0.6) is 0 Å². The lowest BCUT2D eigenvalue weighted by Crippen LogP contribution is -2.36. The minimum Gasteiger partial charge on any atom is -0.383 e. The van der Waals surface area contributed by atoms with Crippen LogP contribution in [-0.4, -0.2) is 36.3 Å². The Labute approximate surface area is 102 Å². The first-order chi connectivity index (χ1) is 7.72. The van der Waals surface area contributed by atoms with Crippen molar-refractivity contribution in [2.75, 3.05) is 25.2 Å². The Morgan fingerprint density at radius 2 is 2.19 bits per heavy atom. The molecule has 0 aliphatic carbocycles. The second-order valence-electron chi connectivity index (χ2n) is 3.59. The molecule has 1 aromatic heterocycles. The van der Waals surface area contributed by atoms with Crippen molar-refractivity contribution in [2.24, 2.45) is 0 Å². The first kappa shape index (κ1) is 13.2. The number of halogens is 1. The van der Waals surface area contributed by atoms with E-state index in [2.05, 4.69) is 28.7 Å². The van der Waals surface area contributed by atoms with Gasteiger partial charge in [0, 0.05) is 13.7 Å². The summed E-state index contributed by atoms with van der Waals surface area (Å²) in [6.07, 6.45) is 3.47. The van der Waals surface area contributed by atoms with E-state index in [4.69, 9.17) is 16.3 Å². The van der Waals surface area contributed by atoms with Gasteiger partial charge >= 0.3 is 0 Å². The summed E-state index contributed by atoms with van der Waals surface area (Å²) in [5.74, 6) is 1.26. The predicted molar refractivity (Wildman–Crippen MR) is 65.9 cm³/mol. The molecule has 1 heterocycles. The molecule has 0 spiro atoms. The van der Waals surface area contributed by atoms with Crippen LogP contribution in [0.2, 0.25) is 0 Å². The first-order valence-corrected chi connectivity index (χ1v) is 5.88. The molecule has 0 saturated heterocycles. The number of alkyl halides is 1. The van der Waals surface area contributed by atoms with Crippen molar-refractivity contribution >= 4 is 17.4 Å². The van der Waals surface area contributed by atoms with Gasteiger partial charge in [0.05, 0.1) is 36.6 Å². The monoisotopic (exact) mass is 243 g/mol. The van der Waals surface area contributed by atoms with Crippen LogP contribution >= 0.6 is 11.6 Å². The summed E-state index contributed by atoms with van der Waals surface area (Å²) in [7, 11) is 1.70. The molecular weight excluding hydrogens is 226 g/mol. The topological polar surface area (TPSA) is 38.2 Å². The lowest BCUT2D eigenvalue weighted by Gasteiger charge is -2.28. The average Bonchev–Trinajstić information content (AvgIpc) is 2.31. The minimum absolute atomic E-state index is 0.283. The van der Waals surface area contributed by atoms with Gasteiger partial charge in [-0.05, 0) is 13.8 Å². The second kappa shape index (κ2) is 6.66. The zero-order valence-corrected chi connectivity index (χ0v) is 10.7. The quantitative estimate of drug-likeness (QED) is 0.717. The Balaban J connectivity index is 2.78. The van der Waals surface area contributed by atoms with Gasteiger partial charge in [0.2, 0.25) is 0 Å². The lowest BCUT2D eigenvalue weighted by molar-refractivity contribution is 0.181. The molecule has 1 aromatic rings. The maximum Gasteiger partial charge on any atom is 0.147 e. The molecular formula is C11H18ClN3O. The van der Waals surface area contributed by atoms with Gasteiger partial charge < -0.3 is 9.64 Å². The second-order valence-corrected chi connectivity index (χ2v) is 3.86. The maximum absolute atomic E-state index is 5.67. The predicted octanol–water partition coefficient (Wildman–Crippen LogP) is 2.08.